The molecule has 0 unspecified atom stereocenters. The fraction of sp³-hybridized carbons (Fsp3) is 0.235. The van der Waals surface area contributed by atoms with Crippen LogP contribution in [0, 0.1) is 5.92 Å². The smallest absolute Gasteiger partial charge is 0.230 e. The van der Waals surface area contributed by atoms with Crippen LogP contribution in [-0.2, 0) is 4.79 Å². The highest BCUT2D eigenvalue weighted by molar-refractivity contribution is 5.87. The third-order valence-electron chi connectivity index (χ3n) is 4.02. The quantitative estimate of drug-likeness (QED) is 0.756. The molecule has 1 fully saturated rings. The Bertz CT molecular complexity index is 570. The second kappa shape index (κ2) is 4.54. The van der Waals surface area contributed by atoms with E-state index in [2.05, 4.69) is 31.4 Å². The molecule has 19 heavy (non-hydrogen) atoms. The number of hydrogen-bond donors (Lipinski definition) is 0. The summed E-state index contributed by atoms with van der Waals surface area (Å²) in [4.78, 5) is 14.1. The first-order valence-electron chi connectivity index (χ1n) is 6.59. The van der Waals surface area contributed by atoms with Crippen LogP contribution in [-0.4, -0.2) is 23.4 Å². The lowest BCUT2D eigenvalue weighted by molar-refractivity contribution is -0.129. The Morgan fingerprint density at radius 1 is 1.32 bits per heavy atom. The van der Waals surface area contributed by atoms with Gasteiger partial charge in [-0.2, -0.15) is 0 Å². The lowest BCUT2D eigenvalue weighted by Gasteiger charge is -2.16. The van der Waals surface area contributed by atoms with E-state index in [1.165, 1.54) is 5.57 Å². The van der Waals surface area contributed by atoms with Crippen LogP contribution in [0.25, 0.3) is 5.57 Å². The molecule has 1 amide bonds. The number of nitrogens with zero attached hydrogens (tertiary/aromatic N) is 1. The minimum atomic E-state index is -0.00668. The highest BCUT2D eigenvalue weighted by Gasteiger charge is 2.40. The molecule has 0 aromatic heterocycles. The zero-order valence-corrected chi connectivity index (χ0v) is 10.9. The van der Waals surface area contributed by atoms with Gasteiger partial charge in [-0.25, -0.2) is 0 Å². The van der Waals surface area contributed by atoms with E-state index in [0.29, 0.717) is 6.54 Å². The molecule has 2 aliphatic rings. The van der Waals surface area contributed by atoms with Gasteiger partial charge in [0.25, 0.3) is 0 Å². The van der Waals surface area contributed by atoms with Crippen molar-refractivity contribution in [2.75, 3.05) is 6.54 Å². The molecule has 1 aromatic carbocycles. The maximum absolute atomic E-state index is 12.1. The van der Waals surface area contributed by atoms with Crippen LogP contribution in [0.3, 0.4) is 0 Å². The summed E-state index contributed by atoms with van der Waals surface area (Å²) in [5.41, 5.74) is 3.33. The van der Waals surface area contributed by atoms with Gasteiger partial charge in [-0.05, 0) is 23.1 Å². The summed E-state index contributed by atoms with van der Waals surface area (Å²) in [5.74, 6) is 0.194. The summed E-state index contributed by atoms with van der Waals surface area (Å²) >= 11 is 0. The second-order valence-corrected chi connectivity index (χ2v) is 5.15. The molecule has 0 bridgehead atoms. The van der Waals surface area contributed by atoms with Gasteiger partial charge >= 0.3 is 0 Å². The van der Waals surface area contributed by atoms with Gasteiger partial charge < -0.3 is 4.90 Å². The first-order valence-corrected chi connectivity index (χ1v) is 6.59. The SMILES string of the molecule is C=C[C@H]1C[C@H]2C=C(C(=C)c3ccccc3)CN2C1=O. The number of carbonyl (C=O) groups excluding carboxylic acids is 1. The van der Waals surface area contributed by atoms with Crippen molar-refractivity contribution in [3.63, 3.8) is 0 Å². The van der Waals surface area contributed by atoms with E-state index in [-0.39, 0.29) is 17.9 Å². The Morgan fingerprint density at radius 2 is 2.05 bits per heavy atom. The Hall–Kier alpha value is -2.09. The van der Waals surface area contributed by atoms with E-state index in [4.69, 9.17) is 0 Å². The summed E-state index contributed by atoms with van der Waals surface area (Å²) < 4.78 is 0. The van der Waals surface area contributed by atoms with E-state index in [1.807, 2.05) is 23.1 Å². The third-order valence-corrected chi connectivity index (χ3v) is 4.02. The molecule has 96 valence electrons. The standard InChI is InChI=1S/C17H17NO/c1-3-13-9-16-10-15(11-18(16)17(13)19)12(2)14-7-5-4-6-8-14/h3-8,10,13,16H,1-2,9,11H2/t13-,16-/m0/s1. The van der Waals surface area contributed by atoms with E-state index >= 15 is 0 Å². The Labute approximate surface area is 113 Å². The molecule has 2 heteroatoms. The molecule has 2 atom stereocenters. The third kappa shape index (κ3) is 1.93. The van der Waals surface area contributed by atoms with Gasteiger partial charge in [0.2, 0.25) is 5.91 Å². The molecule has 3 rings (SSSR count). The zero-order valence-electron chi connectivity index (χ0n) is 10.9. The van der Waals surface area contributed by atoms with E-state index in [0.717, 1.165) is 17.6 Å². The van der Waals surface area contributed by atoms with Crippen molar-refractivity contribution in [1.29, 1.82) is 0 Å². The lowest BCUT2D eigenvalue weighted by Crippen LogP contribution is -2.29. The predicted octanol–water partition coefficient (Wildman–Crippen LogP) is 3.04. The molecule has 0 spiro atoms. The predicted molar refractivity (Wildman–Crippen MR) is 77.4 cm³/mol. The number of rotatable bonds is 3. The molecule has 1 aromatic rings. The van der Waals surface area contributed by atoms with Crippen LogP contribution in [0.2, 0.25) is 0 Å². The minimum Gasteiger partial charge on any atom is -0.331 e. The zero-order chi connectivity index (χ0) is 13.4. The van der Waals surface area contributed by atoms with Gasteiger partial charge in [-0.15, -0.1) is 6.58 Å². The maximum Gasteiger partial charge on any atom is 0.230 e. The fourth-order valence-corrected chi connectivity index (χ4v) is 2.90. The van der Waals surface area contributed by atoms with Gasteiger partial charge in [0, 0.05) is 6.54 Å². The number of hydrogen-bond acceptors (Lipinski definition) is 1. The highest BCUT2D eigenvalue weighted by Crippen LogP contribution is 2.36. The average Bonchev–Trinajstić information content (AvgIpc) is 2.99. The van der Waals surface area contributed by atoms with Crippen molar-refractivity contribution in [2.24, 2.45) is 5.92 Å². The van der Waals surface area contributed by atoms with Crippen molar-refractivity contribution in [1.82, 2.24) is 4.90 Å². The molecule has 2 heterocycles. The van der Waals surface area contributed by atoms with Crippen molar-refractivity contribution >= 4 is 11.5 Å². The minimum absolute atomic E-state index is 0.00668. The van der Waals surface area contributed by atoms with E-state index in [1.54, 1.807) is 6.08 Å². The van der Waals surface area contributed by atoms with Crippen molar-refractivity contribution in [3.8, 4) is 0 Å². The molecular formula is C17H17NO. The van der Waals surface area contributed by atoms with Crippen LogP contribution in [0.15, 0.2) is 61.2 Å². The molecule has 2 nitrogen and oxygen atoms in total. The first kappa shape index (κ1) is 12.0. The summed E-state index contributed by atoms with van der Waals surface area (Å²) in [7, 11) is 0. The molecule has 0 saturated carbocycles. The van der Waals surface area contributed by atoms with Gasteiger partial charge in [0.1, 0.15) is 0 Å². The summed E-state index contributed by atoms with van der Waals surface area (Å²) in [6.45, 7) is 8.59. The number of carbonyl (C=O) groups is 1. The van der Waals surface area contributed by atoms with Crippen LogP contribution in [0.4, 0.5) is 0 Å². The second-order valence-electron chi connectivity index (χ2n) is 5.15. The molecule has 0 aliphatic carbocycles. The van der Waals surface area contributed by atoms with Crippen LogP contribution in [0.1, 0.15) is 12.0 Å². The van der Waals surface area contributed by atoms with Gasteiger partial charge in [-0.3, -0.25) is 4.79 Å². The Balaban J connectivity index is 1.81. The van der Waals surface area contributed by atoms with Crippen LogP contribution < -0.4 is 0 Å². The number of benzene rings is 1. The van der Waals surface area contributed by atoms with Gasteiger partial charge in [0.15, 0.2) is 0 Å². The van der Waals surface area contributed by atoms with Gasteiger partial charge in [0.05, 0.1) is 12.0 Å². The van der Waals surface area contributed by atoms with Crippen molar-refractivity contribution < 1.29 is 4.79 Å². The molecular weight excluding hydrogens is 234 g/mol. The van der Waals surface area contributed by atoms with Gasteiger partial charge in [-0.1, -0.05) is 49.1 Å². The summed E-state index contributed by atoms with van der Waals surface area (Å²) in [6, 6.07) is 10.4. The topological polar surface area (TPSA) is 20.3 Å². The summed E-state index contributed by atoms with van der Waals surface area (Å²) in [6.07, 6.45) is 4.81. The average molecular weight is 251 g/mol. The highest BCUT2D eigenvalue weighted by atomic mass is 16.2. The van der Waals surface area contributed by atoms with Crippen molar-refractivity contribution in [3.05, 3.63) is 66.8 Å². The molecule has 2 aliphatic heterocycles. The van der Waals surface area contributed by atoms with Crippen LogP contribution in [0.5, 0.6) is 0 Å². The largest absolute Gasteiger partial charge is 0.331 e. The summed E-state index contributed by atoms with van der Waals surface area (Å²) in [5, 5.41) is 0. The Morgan fingerprint density at radius 3 is 2.68 bits per heavy atom. The normalized spacial score (nSPS) is 25.2. The van der Waals surface area contributed by atoms with Crippen LogP contribution >= 0.6 is 0 Å². The maximum atomic E-state index is 12.1. The Kier molecular flexibility index (Phi) is 2.86. The van der Waals surface area contributed by atoms with Crippen molar-refractivity contribution in [2.45, 2.75) is 12.5 Å². The number of fused-ring (bicyclic) bond motifs is 1. The van der Waals surface area contributed by atoms with E-state index in [9.17, 15) is 4.79 Å². The molecule has 1 saturated heterocycles. The first-order chi connectivity index (χ1) is 9.20. The number of amides is 1. The monoisotopic (exact) mass is 251 g/mol. The fourth-order valence-electron chi connectivity index (χ4n) is 2.90. The van der Waals surface area contributed by atoms with E-state index < -0.39 is 0 Å². The lowest BCUT2D eigenvalue weighted by atomic mass is 9.98. The molecule has 0 N–H and O–H groups in total. The molecule has 0 radical (unpaired) electrons.